The fraction of sp³-hybridized carbons (Fsp3) is 0.250. The Morgan fingerprint density at radius 1 is 1.19 bits per heavy atom. The van der Waals surface area contributed by atoms with Gasteiger partial charge in [0.05, 0.1) is 19.1 Å². The molecule has 0 radical (unpaired) electrons. The molecule has 0 bridgehead atoms. The molecule has 0 saturated carbocycles. The number of nitrogens with zero attached hydrogens (tertiary/aromatic N) is 1. The Kier molecular flexibility index (Phi) is 5.23. The summed E-state index contributed by atoms with van der Waals surface area (Å²) in [6.45, 7) is 2.30. The Labute approximate surface area is 159 Å². The number of amides is 1. The van der Waals surface area contributed by atoms with Gasteiger partial charge in [-0.15, -0.1) is 0 Å². The van der Waals surface area contributed by atoms with Crippen LogP contribution in [-0.2, 0) is 21.2 Å². The van der Waals surface area contributed by atoms with Crippen molar-refractivity contribution in [2.75, 3.05) is 29.5 Å². The first kappa shape index (κ1) is 19.0. The fourth-order valence-electron chi connectivity index (χ4n) is 3.11. The standard InChI is InChI=1S/C20H22N2O4S/c1-14(15-4-7-18(26-2)8-5-15)12-20(23)21-17-6-9-19-16(13-17)10-11-22(19)27(3,24)25/h4-9,12-13H,10-11H2,1-3H3,(H,21,23)/b14-12+. The number of benzene rings is 2. The van der Waals surface area contributed by atoms with Crippen molar-refractivity contribution in [2.24, 2.45) is 0 Å². The number of rotatable bonds is 5. The molecule has 6 nitrogen and oxygen atoms in total. The highest BCUT2D eigenvalue weighted by atomic mass is 32.2. The van der Waals surface area contributed by atoms with Gasteiger partial charge in [-0.2, -0.15) is 0 Å². The van der Waals surface area contributed by atoms with Crippen LogP contribution in [0.25, 0.3) is 5.57 Å². The molecule has 3 rings (SSSR count). The van der Waals surface area contributed by atoms with Gasteiger partial charge in [-0.1, -0.05) is 12.1 Å². The molecule has 0 aromatic heterocycles. The number of methoxy groups -OCH3 is 1. The minimum Gasteiger partial charge on any atom is -0.497 e. The largest absolute Gasteiger partial charge is 0.497 e. The number of hydrogen-bond acceptors (Lipinski definition) is 4. The Hall–Kier alpha value is -2.80. The summed E-state index contributed by atoms with van der Waals surface area (Å²) in [5.41, 5.74) is 4.01. The molecule has 0 atom stereocenters. The van der Waals surface area contributed by atoms with Crippen molar-refractivity contribution in [2.45, 2.75) is 13.3 Å². The first-order valence-electron chi connectivity index (χ1n) is 8.52. The number of anilines is 2. The van der Waals surface area contributed by atoms with Crippen LogP contribution in [0.5, 0.6) is 5.75 Å². The van der Waals surface area contributed by atoms with Crippen LogP contribution in [0.1, 0.15) is 18.1 Å². The topological polar surface area (TPSA) is 75.7 Å². The second-order valence-electron chi connectivity index (χ2n) is 6.47. The number of hydrogen-bond donors (Lipinski definition) is 1. The molecule has 27 heavy (non-hydrogen) atoms. The number of allylic oxidation sites excluding steroid dienone is 1. The second kappa shape index (κ2) is 7.44. The molecule has 0 fully saturated rings. The average Bonchev–Trinajstić information content (AvgIpc) is 3.05. The maximum atomic E-state index is 12.3. The average molecular weight is 386 g/mol. The number of nitrogens with one attached hydrogen (secondary N) is 1. The van der Waals surface area contributed by atoms with E-state index in [4.69, 9.17) is 4.74 Å². The molecule has 0 unspecified atom stereocenters. The van der Waals surface area contributed by atoms with Crippen LogP contribution < -0.4 is 14.4 Å². The number of ether oxygens (including phenoxy) is 1. The van der Waals surface area contributed by atoms with E-state index in [9.17, 15) is 13.2 Å². The molecule has 0 saturated heterocycles. The van der Waals surface area contributed by atoms with Crippen molar-refractivity contribution < 1.29 is 17.9 Å². The Bertz CT molecular complexity index is 995. The Morgan fingerprint density at radius 3 is 2.52 bits per heavy atom. The summed E-state index contributed by atoms with van der Waals surface area (Å²) in [5, 5.41) is 2.84. The molecule has 7 heteroatoms. The molecule has 2 aromatic carbocycles. The molecule has 0 spiro atoms. The highest BCUT2D eigenvalue weighted by Crippen LogP contribution is 2.32. The van der Waals surface area contributed by atoms with Crippen molar-refractivity contribution in [1.29, 1.82) is 0 Å². The van der Waals surface area contributed by atoms with Gasteiger partial charge in [-0.3, -0.25) is 9.10 Å². The predicted molar refractivity (Wildman–Crippen MR) is 108 cm³/mol. The quantitative estimate of drug-likeness (QED) is 0.802. The van der Waals surface area contributed by atoms with E-state index in [0.29, 0.717) is 24.3 Å². The molecule has 1 amide bonds. The van der Waals surface area contributed by atoms with Crippen LogP contribution in [-0.4, -0.2) is 34.2 Å². The van der Waals surface area contributed by atoms with E-state index < -0.39 is 10.0 Å². The lowest BCUT2D eigenvalue weighted by molar-refractivity contribution is -0.111. The monoisotopic (exact) mass is 386 g/mol. The summed E-state index contributed by atoms with van der Waals surface area (Å²) in [4.78, 5) is 12.3. The van der Waals surface area contributed by atoms with E-state index in [0.717, 1.165) is 22.4 Å². The van der Waals surface area contributed by atoms with Crippen LogP contribution in [0.3, 0.4) is 0 Å². The van der Waals surface area contributed by atoms with E-state index >= 15 is 0 Å². The Balaban J connectivity index is 1.73. The normalized spacial score (nSPS) is 14.0. The summed E-state index contributed by atoms with van der Waals surface area (Å²) < 4.78 is 30.1. The van der Waals surface area contributed by atoms with Crippen molar-refractivity contribution in [1.82, 2.24) is 0 Å². The van der Waals surface area contributed by atoms with Gasteiger partial charge >= 0.3 is 0 Å². The van der Waals surface area contributed by atoms with Crippen LogP contribution >= 0.6 is 0 Å². The van der Waals surface area contributed by atoms with Crippen LogP contribution in [0, 0.1) is 0 Å². The van der Waals surface area contributed by atoms with Crippen molar-refractivity contribution in [3.8, 4) is 5.75 Å². The number of carbonyl (C=O) groups excluding carboxylic acids is 1. The van der Waals surface area contributed by atoms with Crippen molar-refractivity contribution in [3.05, 3.63) is 59.7 Å². The minimum absolute atomic E-state index is 0.235. The van der Waals surface area contributed by atoms with Gasteiger partial charge in [0.15, 0.2) is 0 Å². The van der Waals surface area contributed by atoms with Gasteiger partial charge in [-0.25, -0.2) is 8.42 Å². The molecule has 1 N–H and O–H groups in total. The third kappa shape index (κ3) is 4.31. The Morgan fingerprint density at radius 2 is 1.89 bits per heavy atom. The van der Waals surface area contributed by atoms with Crippen LogP contribution in [0.4, 0.5) is 11.4 Å². The molecule has 1 aliphatic rings. The van der Waals surface area contributed by atoms with E-state index in [2.05, 4.69) is 5.32 Å². The molecule has 142 valence electrons. The van der Waals surface area contributed by atoms with E-state index in [1.165, 1.54) is 16.6 Å². The summed E-state index contributed by atoms with van der Waals surface area (Å²) in [7, 11) is -1.67. The van der Waals surface area contributed by atoms with Gasteiger partial charge in [-0.05, 0) is 60.4 Å². The van der Waals surface area contributed by atoms with Crippen molar-refractivity contribution in [3.63, 3.8) is 0 Å². The number of fused-ring (bicyclic) bond motifs is 1. The third-order valence-electron chi connectivity index (χ3n) is 4.49. The van der Waals surface area contributed by atoms with Gasteiger partial charge in [0.1, 0.15) is 5.75 Å². The third-order valence-corrected chi connectivity index (χ3v) is 5.67. The molecular weight excluding hydrogens is 364 g/mol. The first-order valence-corrected chi connectivity index (χ1v) is 10.4. The number of carbonyl (C=O) groups is 1. The van der Waals surface area contributed by atoms with Crippen LogP contribution in [0.15, 0.2) is 48.5 Å². The highest BCUT2D eigenvalue weighted by Gasteiger charge is 2.26. The van der Waals surface area contributed by atoms with E-state index in [1.54, 1.807) is 19.2 Å². The first-order chi connectivity index (χ1) is 12.8. The molecule has 2 aromatic rings. The smallest absolute Gasteiger partial charge is 0.248 e. The van der Waals surface area contributed by atoms with Gasteiger partial charge < -0.3 is 10.1 Å². The molecule has 1 heterocycles. The zero-order chi connectivity index (χ0) is 19.6. The lowest BCUT2D eigenvalue weighted by Crippen LogP contribution is -2.27. The SMILES string of the molecule is COc1ccc(/C(C)=C/C(=O)Nc2ccc3c(c2)CCN3S(C)(=O)=O)cc1. The lowest BCUT2D eigenvalue weighted by atomic mass is 10.1. The summed E-state index contributed by atoms with van der Waals surface area (Å²) in [6, 6.07) is 12.8. The maximum Gasteiger partial charge on any atom is 0.248 e. The fourth-order valence-corrected chi connectivity index (χ4v) is 4.06. The lowest BCUT2D eigenvalue weighted by Gasteiger charge is -2.16. The van der Waals surface area contributed by atoms with Gasteiger partial charge in [0, 0.05) is 18.3 Å². The summed E-state index contributed by atoms with van der Waals surface area (Å²) >= 11 is 0. The number of sulfonamides is 1. The van der Waals surface area contributed by atoms with Gasteiger partial charge in [0.25, 0.3) is 0 Å². The summed E-state index contributed by atoms with van der Waals surface area (Å²) in [6.07, 6.45) is 3.37. The predicted octanol–water partition coefficient (Wildman–Crippen LogP) is 3.06. The second-order valence-corrected chi connectivity index (χ2v) is 8.38. The molecule has 1 aliphatic heterocycles. The van der Waals surface area contributed by atoms with Crippen molar-refractivity contribution >= 4 is 32.9 Å². The molecular formula is C20H22N2O4S. The van der Waals surface area contributed by atoms with E-state index in [1.807, 2.05) is 37.3 Å². The zero-order valence-electron chi connectivity index (χ0n) is 15.5. The van der Waals surface area contributed by atoms with Crippen LogP contribution in [0.2, 0.25) is 0 Å². The van der Waals surface area contributed by atoms with Gasteiger partial charge in [0.2, 0.25) is 15.9 Å². The summed E-state index contributed by atoms with van der Waals surface area (Å²) in [5.74, 6) is 0.526. The highest BCUT2D eigenvalue weighted by molar-refractivity contribution is 7.92. The maximum absolute atomic E-state index is 12.3. The van der Waals surface area contributed by atoms with E-state index in [-0.39, 0.29) is 5.91 Å². The molecule has 0 aliphatic carbocycles. The zero-order valence-corrected chi connectivity index (χ0v) is 16.3. The minimum atomic E-state index is -3.28.